The van der Waals surface area contributed by atoms with E-state index in [-0.39, 0.29) is 17.0 Å². The van der Waals surface area contributed by atoms with Crippen molar-refractivity contribution in [1.82, 2.24) is 9.78 Å². The van der Waals surface area contributed by atoms with Crippen molar-refractivity contribution in [2.24, 2.45) is 7.05 Å². The minimum absolute atomic E-state index is 0.0156. The van der Waals surface area contributed by atoms with E-state index in [1.807, 2.05) is 6.92 Å². The molecule has 1 aromatic heterocycles. The Morgan fingerprint density at radius 2 is 2.05 bits per heavy atom. The maximum absolute atomic E-state index is 11.9. The molecular weight excluding hydrogens is 246 g/mol. The molecule has 2 N–H and O–H groups in total. The number of amides is 1. The lowest BCUT2D eigenvalue weighted by Crippen LogP contribution is -2.23. The average molecular weight is 259 g/mol. The fraction of sp³-hybridized carbons (Fsp3) is 0.154. The summed E-state index contributed by atoms with van der Waals surface area (Å²) in [4.78, 5) is 23.1. The molecule has 2 rings (SSSR count). The van der Waals surface area contributed by atoms with Crippen molar-refractivity contribution in [2.75, 3.05) is 5.32 Å². The molecule has 0 saturated carbocycles. The number of anilines is 1. The zero-order valence-corrected chi connectivity index (χ0v) is 10.5. The van der Waals surface area contributed by atoms with Crippen LogP contribution in [0.3, 0.4) is 0 Å². The third kappa shape index (κ3) is 2.79. The van der Waals surface area contributed by atoms with Crippen molar-refractivity contribution in [3.8, 4) is 5.75 Å². The molecule has 6 nitrogen and oxygen atoms in total. The quantitative estimate of drug-likeness (QED) is 0.789. The molecule has 0 aliphatic heterocycles. The predicted octanol–water partition coefficient (Wildman–Crippen LogP) is 1.05. The minimum atomic E-state index is -0.491. The minimum Gasteiger partial charge on any atom is -0.506 e. The lowest BCUT2D eigenvalue weighted by molar-refractivity contribution is 0.101. The summed E-state index contributed by atoms with van der Waals surface area (Å²) in [6.45, 7) is 1.83. The largest absolute Gasteiger partial charge is 0.506 e. The number of carbonyl (C=O) groups is 1. The van der Waals surface area contributed by atoms with Gasteiger partial charge in [0.05, 0.1) is 5.69 Å². The van der Waals surface area contributed by atoms with Gasteiger partial charge in [0.25, 0.3) is 11.5 Å². The number of benzene rings is 1. The topological polar surface area (TPSA) is 84.2 Å². The lowest BCUT2D eigenvalue weighted by Gasteiger charge is -2.07. The Kier molecular flexibility index (Phi) is 3.33. The second kappa shape index (κ2) is 4.93. The van der Waals surface area contributed by atoms with Crippen LogP contribution in [-0.4, -0.2) is 20.8 Å². The number of nitrogens with one attached hydrogen (secondary N) is 1. The molecule has 1 heterocycles. The van der Waals surface area contributed by atoms with Crippen molar-refractivity contribution in [3.05, 3.63) is 51.9 Å². The van der Waals surface area contributed by atoms with E-state index in [0.29, 0.717) is 5.69 Å². The Bertz CT molecular complexity index is 692. The molecule has 98 valence electrons. The molecule has 0 atom stereocenters. The van der Waals surface area contributed by atoms with Gasteiger partial charge in [0.1, 0.15) is 11.4 Å². The van der Waals surface area contributed by atoms with Crippen molar-refractivity contribution in [1.29, 1.82) is 0 Å². The highest BCUT2D eigenvalue weighted by atomic mass is 16.3. The maximum atomic E-state index is 11.9. The summed E-state index contributed by atoms with van der Waals surface area (Å²) in [5.41, 5.74) is 0.985. The molecule has 2 aromatic rings. The van der Waals surface area contributed by atoms with E-state index in [1.54, 1.807) is 18.2 Å². The molecule has 1 amide bonds. The van der Waals surface area contributed by atoms with Crippen LogP contribution >= 0.6 is 0 Å². The molecular formula is C13H13N3O3. The van der Waals surface area contributed by atoms with E-state index in [4.69, 9.17) is 0 Å². The van der Waals surface area contributed by atoms with E-state index >= 15 is 0 Å². The Morgan fingerprint density at radius 1 is 1.32 bits per heavy atom. The number of aromatic hydroxyl groups is 1. The van der Waals surface area contributed by atoms with Crippen LogP contribution in [0.4, 0.5) is 5.69 Å². The first-order valence-electron chi connectivity index (χ1n) is 5.62. The van der Waals surface area contributed by atoms with Crippen molar-refractivity contribution < 1.29 is 9.90 Å². The zero-order valence-electron chi connectivity index (χ0n) is 10.5. The van der Waals surface area contributed by atoms with Gasteiger partial charge < -0.3 is 10.4 Å². The Morgan fingerprint density at radius 3 is 2.68 bits per heavy atom. The number of carbonyl (C=O) groups excluding carboxylic acids is 1. The molecule has 0 fully saturated rings. The van der Waals surface area contributed by atoms with Gasteiger partial charge in [-0.2, -0.15) is 5.10 Å². The van der Waals surface area contributed by atoms with Crippen LogP contribution in [0.1, 0.15) is 16.1 Å². The number of hydrogen-bond acceptors (Lipinski definition) is 4. The summed E-state index contributed by atoms with van der Waals surface area (Å²) in [7, 11) is 1.46. The van der Waals surface area contributed by atoms with Gasteiger partial charge in [-0.15, -0.1) is 0 Å². The number of nitrogens with zero attached hydrogens (tertiary/aromatic N) is 2. The highest BCUT2D eigenvalue weighted by Gasteiger charge is 2.11. The van der Waals surface area contributed by atoms with Crippen LogP contribution in [0.2, 0.25) is 0 Å². The van der Waals surface area contributed by atoms with E-state index in [9.17, 15) is 14.7 Å². The van der Waals surface area contributed by atoms with Crippen LogP contribution in [-0.2, 0) is 7.05 Å². The first kappa shape index (κ1) is 12.8. The Labute approximate surface area is 109 Å². The van der Waals surface area contributed by atoms with Gasteiger partial charge in [-0.1, -0.05) is 6.07 Å². The SMILES string of the molecule is Cc1ccc(NC(=O)c2ccc(=O)n(C)n2)c(O)c1. The highest BCUT2D eigenvalue weighted by Crippen LogP contribution is 2.24. The number of hydrogen-bond donors (Lipinski definition) is 2. The Balaban J connectivity index is 2.25. The van der Waals surface area contributed by atoms with Crippen molar-refractivity contribution in [2.45, 2.75) is 6.92 Å². The first-order valence-corrected chi connectivity index (χ1v) is 5.62. The normalized spacial score (nSPS) is 10.2. The predicted molar refractivity (Wildman–Crippen MR) is 70.3 cm³/mol. The maximum Gasteiger partial charge on any atom is 0.276 e. The molecule has 0 bridgehead atoms. The van der Waals surface area contributed by atoms with Gasteiger partial charge in [-0.3, -0.25) is 9.59 Å². The van der Waals surface area contributed by atoms with Gasteiger partial charge in [0.2, 0.25) is 0 Å². The van der Waals surface area contributed by atoms with Crippen LogP contribution in [0.15, 0.2) is 35.1 Å². The van der Waals surface area contributed by atoms with E-state index in [1.165, 1.54) is 19.2 Å². The molecule has 0 spiro atoms. The fourth-order valence-corrected chi connectivity index (χ4v) is 1.56. The zero-order chi connectivity index (χ0) is 14.0. The summed E-state index contributed by atoms with van der Waals surface area (Å²) >= 11 is 0. The number of rotatable bonds is 2. The molecule has 0 aliphatic carbocycles. The summed E-state index contributed by atoms with van der Waals surface area (Å²) in [5, 5.41) is 16.1. The second-order valence-corrected chi connectivity index (χ2v) is 4.16. The van der Waals surface area contributed by atoms with Gasteiger partial charge in [0, 0.05) is 13.1 Å². The standard InChI is InChI=1S/C13H13N3O3/c1-8-3-4-9(11(17)7-8)14-13(19)10-5-6-12(18)16(2)15-10/h3-7,17H,1-2H3,(H,14,19). The lowest BCUT2D eigenvalue weighted by atomic mass is 10.2. The highest BCUT2D eigenvalue weighted by molar-refractivity contribution is 6.03. The summed E-state index contributed by atoms with van der Waals surface area (Å²) < 4.78 is 1.07. The third-order valence-corrected chi connectivity index (χ3v) is 2.59. The molecule has 1 aromatic carbocycles. The summed E-state index contributed by atoms with van der Waals surface area (Å²) in [6, 6.07) is 7.51. The molecule has 0 radical (unpaired) electrons. The van der Waals surface area contributed by atoms with Gasteiger partial charge >= 0.3 is 0 Å². The van der Waals surface area contributed by atoms with Crippen LogP contribution in [0.25, 0.3) is 0 Å². The van der Waals surface area contributed by atoms with Gasteiger partial charge in [-0.05, 0) is 30.7 Å². The molecule has 0 saturated heterocycles. The summed E-state index contributed by atoms with van der Waals surface area (Å²) in [5.74, 6) is -0.507. The molecule has 6 heteroatoms. The summed E-state index contributed by atoms with van der Waals surface area (Å²) in [6.07, 6.45) is 0. The number of aryl methyl sites for hydroxylation is 2. The first-order chi connectivity index (χ1) is 8.97. The van der Waals surface area contributed by atoms with Crippen LogP contribution in [0.5, 0.6) is 5.75 Å². The number of phenolic OH excluding ortho intramolecular Hbond substituents is 1. The van der Waals surface area contributed by atoms with Crippen molar-refractivity contribution in [3.63, 3.8) is 0 Å². The number of phenols is 1. The second-order valence-electron chi connectivity index (χ2n) is 4.16. The van der Waals surface area contributed by atoms with Crippen LogP contribution < -0.4 is 10.9 Å². The monoisotopic (exact) mass is 259 g/mol. The molecule has 19 heavy (non-hydrogen) atoms. The number of aromatic nitrogens is 2. The smallest absolute Gasteiger partial charge is 0.276 e. The van der Waals surface area contributed by atoms with Gasteiger partial charge in [0.15, 0.2) is 0 Å². The molecule has 0 aliphatic rings. The third-order valence-electron chi connectivity index (χ3n) is 2.59. The van der Waals surface area contributed by atoms with Crippen molar-refractivity contribution >= 4 is 11.6 Å². The van der Waals surface area contributed by atoms with E-state index in [0.717, 1.165) is 10.2 Å². The van der Waals surface area contributed by atoms with Crippen LogP contribution in [0, 0.1) is 6.92 Å². The fourth-order valence-electron chi connectivity index (χ4n) is 1.56. The Hall–Kier alpha value is -2.63. The average Bonchev–Trinajstić information content (AvgIpc) is 2.36. The van der Waals surface area contributed by atoms with E-state index in [2.05, 4.69) is 10.4 Å². The van der Waals surface area contributed by atoms with Gasteiger partial charge in [-0.25, -0.2) is 4.68 Å². The molecule has 0 unspecified atom stereocenters. The van der Waals surface area contributed by atoms with E-state index < -0.39 is 5.91 Å².